The third-order valence-electron chi connectivity index (χ3n) is 1.35. The third-order valence-corrected chi connectivity index (χ3v) is 3.07. The summed E-state index contributed by atoms with van der Waals surface area (Å²) < 4.78 is 20.5. The van der Waals surface area contributed by atoms with Crippen molar-refractivity contribution in [1.29, 1.82) is 0 Å². The van der Waals surface area contributed by atoms with Gasteiger partial charge in [0.2, 0.25) is 0 Å². The number of ether oxygens (including phenoxy) is 1. The Bertz CT molecular complexity index is 179. The van der Waals surface area contributed by atoms with Gasteiger partial charge in [-0.1, -0.05) is 6.58 Å². The first-order chi connectivity index (χ1) is 7.24. The topological polar surface area (TPSA) is 54.0 Å². The Hall–Kier alpha value is -0.693. The van der Waals surface area contributed by atoms with Crippen molar-refractivity contribution in [3.63, 3.8) is 0 Å². The molecule has 15 heavy (non-hydrogen) atoms. The smallest absolute Gasteiger partial charge is 0.460 e. The zero-order valence-corrected chi connectivity index (χ0v) is 10.4. The molecular formula is C9H18O5Si. The first-order valence-electron chi connectivity index (χ1n) is 4.88. The normalized spacial score (nSPS) is 10.3. The first-order valence-corrected chi connectivity index (χ1v) is 6.30. The Morgan fingerprint density at radius 3 is 2.27 bits per heavy atom. The summed E-state index contributed by atoms with van der Waals surface area (Å²) in [7, 11) is -2.02. The van der Waals surface area contributed by atoms with Gasteiger partial charge in [0.1, 0.15) is 6.61 Å². The number of carbonyl (C=O) groups excluding carboxylic acids is 1. The van der Waals surface area contributed by atoms with Crippen LogP contribution >= 0.6 is 0 Å². The highest BCUT2D eigenvalue weighted by Crippen LogP contribution is 1.92. The van der Waals surface area contributed by atoms with E-state index in [4.69, 9.17) is 18.0 Å². The van der Waals surface area contributed by atoms with Crippen molar-refractivity contribution >= 4 is 15.5 Å². The fourth-order valence-electron chi connectivity index (χ4n) is 0.762. The van der Waals surface area contributed by atoms with Crippen molar-refractivity contribution in [1.82, 2.24) is 0 Å². The lowest BCUT2D eigenvalue weighted by Crippen LogP contribution is -2.29. The van der Waals surface area contributed by atoms with Crippen LogP contribution in [-0.2, 0) is 22.8 Å². The largest absolute Gasteiger partial charge is 0.484 e. The molecule has 0 aliphatic carbocycles. The van der Waals surface area contributed by atoms with Crippen LogP contribution in [0.4, 0.5) is 0 Å². The van der Waals surface area contributed by atoms with Crippen LogP contribution in [0.1, 0.15) is 13.8 Å². The molecule has 0 aromatic heterocycles. The van der Waals surface area contributed by atoms with Crippen molar-refractivity contribution in [2.75, 3.05) is 26.4 Å². The monoisotopic (exact) mass is 234 g/mol. The molecule has 0 aromatic rings. The van der Waals surface area contributed by atoms with E-state index in [1.807, 2.05) is 13.8 Å². The summed E-state index contributed by atoms with van der Waals surface area (Å²) in [6.45, 7) is 8.62. The molecule has 0 saturated carbocycles. The van der Waals surface area contributed by atoms with Gasteiger partial charge < -0.3 is 18.0 Å². The van der Waals surface area contributed by atoms with Crippen LogP contribution < -0.4 is 0 Å². The number of carbonyl (C=O) groups is 1. The van der Waals surface area contributed by atoms with Crippen LogP contribution in [0.2, 0.25) is 0 Å². The van der Waals surface area contributed by atoms with E-state index < -0.39 is 15.5 Å². The number of hydrogen-bond acceptors (Lipinski definition) is 5. The van der Waals surface area contributed by atoms with E-state index in [0.717, 1.165) is 6.08 Å². The standard InChI is InChI=1S/C9H18O5Si/c1-4-9(10)11-7-8-14-15(12-5-2)13-6-3/h4,15H,1,5-8H2,2-3H3. The molecule has 0 amide bonds. The summed E-state index contributed by atoms with van der Waals surface area (Å²) in [5, 5.41) is 0. The lowest BCUT2D eigenvalue weighted by molar-refractivity contribution is -0.138. The van der Waals surface area contributed by atoms with E-state index in [1.54, 1.807) is 0 Å². The minimum Gasteiger partial charge on any atom is -0.460 e. The van der Waals surface area contributed by atoms with Gasteiger partial charge in [-0.25, -0.2) is 4.79 Å². The van der Waals surface area contributed by atoms with E-state index >= 15 is 0 Å². The van der Waals surface area contributed by atoms with Crippen LogP contribution in [0.15, 0.2) is 12.7 Å². The Morgan fingerprint density at radius 2 is 1.80 bits per heavy atom. The Labute approximate surface area is 91.9 Å². The molecule has 0 N–H and O–H groups in total. The van der Waals surface area contributed by atoms with Crippen molar-refractivity contribution in [3.8, 4) is 0 Å². The fourth-order valence-corrected chi connectivity index (χ4v) is 1.88. The lowest BCUT2D eigenvalue weighted by atomic mass is 10.6. The highest BCUT2D eigenvalue weighted by atomic mass is 28.3. The SMILES string of the molecule is C=CC(=O)OCCO[SiH](OCC)OCC. The summed E-state index contributed by atoms with van der Waals surface area (Å²) in [5.41, 5.74) is 0. The van der Waals surface area contributed by atoms with Crippen LogP contribution in [0.3, 0.4) is 0 Å². The Kier molecular flexibility index (Phi) is 9.39. The predicted octanol–water partition coefficient (Wildman–Crippen LogP) is 0.522. The minimum absolute atomic E-state index is 0.189. The van der Waals surface area contributed by atoms with Gasteiger partial charge >= 0.3 is 15.5 Å². The second-order valence-corrected chi connectivity index (χ2v) is 4.02. The molecule has 0 radical (unpaired) electrons. The highest BCUT2D eigenvalue weighted by molar-refractivity contribution is 6.36. The van der Waals surface area contributed by atoms with Gasteiger partial charge in [0.15, 0.2) is 0 Å². The zero-order chi connectivity index (χ0) is 11.5. The van der Waals surface area contributed by atoms with E-state index in [2.05, 4.69) is 6.58 Å². The van der Waals surface area contributed by atoms with Crippen LogP contribution in [0, 0.1) is 0 Å². The van der Waals surface area contributed by atoms with E-state index in [9.17, 15) is 4.79 Å². The molecule has 0 bridgehead atoms. The number of esters is 1. The molecule has 0 rings (SSSR count). The van der Waals surface area contributed by atoms with Crippen LogP contribution in [0.5, 0.6) is 0 Å². The molecule has 0 spiro atoms. The summed E-state index contributed by atoms with van der Waals surface area (Å²) in [6, 6.07) is 0. The van der Waals surface area contributed by atoms with E-state index in [-0.39, 0.29) is 13.2 Å². The molecule has 0 aliphatic heterocycles. The summed E-state index contributed by atoms with van der Waals surface area (Å²) >= 11 is 0. The molecule has 5 nitrogen and oxygen atoms in total. The molecule has 0 unspecified atom stereocenters. The van der Waals surface area contributed by atoms with Crippen molar-refractivity contribution in [2.24, 2.45) is 0 Å². The maximum Gasteiger partial charge on any atom is 0.484 e. The van der Waals surface area contributed by atoms with Crippen LogP contribution in [0.25, 0.3) is 0 Å². The van der Waals surface area contributed by atoms with E-state index in [1.165, 1.54) is 0 Å². The average molecular weight is 234 g/mol. The van der Waals surface area contributed by atoms with Gasteiger partial charge in [-0.15, -0.1) is 0 Å². The van der Waals surface area contributed by atoms with Crippen LogP contribution in [-0.4, -0.2) is 41.9 Å². The maximum atomic E-state index is 10.7. The average Bonchev–Trinajstić information content (AvgIpc) is 2.24. The number of rotatable bonds is 9. The third kappa shape index (κ3) is 8.31. The van der Waals surface area contributed by atoms with Gasteiger partial charge in [0, 0.05) is 19.3 Å². The molecule has 0 heterocycles. The summed E-state index contributed by atoms with van der Waals surface area (Å²) in [5.74, 6) is -0.454. The zero-order valence-electron chi connectivity index (χ0n) is 9.23. The second kappa shape index (κ2) is 9.85. The summed E-state index contributed by atoms with van der Waals surface area (Å²) in [4.78, 5) is 10.7. The molecule has 0 aromatic carbocycles. The van der Waals surface area contributed by atoms with Crippen molar-refractivity contribution in [2.45, 2.75) is 13.8 Å². The Balaban J connectivity index is 3.52. The summed E-state index contributed by atoms with van der Waals surface area (Å²) in [6.07, 6.45) is 1.11. The molecule has 0 aliphatic rings. The Morgan fingerprint density at radius 1 is 1.20 bits per heavy atom. The second-order valence-electron chi connectivity index (χ2n) is 2.44. The van der Waals surface area contributed by atoms with Gasteiger partial charge in [-0.2, -0.15) is 0 Å². The van der Waals surface area contributed by atoms with Gasteiger partial charge in [-0.3, -0.25) is 0 Å². The molecule has 6 heteroatoms. The molecular weight excluding hydrogens is 216 g/mol. The van der Waals surface area contributed by atoms with Crippen molar-refractivity contribution in [3.05, 3.63) is 12.7 Å². The maximum absolute atomic E-state index is 10.7. The quantitative estimate of drug-likeness (QED) is 0.252. The predicted molar refractivity (Wildman–Crippen MR) is 57.5 cm³/mol. The van der Waals surface area contributed by atoms with Gasteiger partial charge in [0.05, 0.1) is 6.61 Å². The van der Waals surface area contributed by atoms with Gasteiger partial charge in [0.25, 0.3) is 0 Å². The van der Waals surface area contributed by atoms with Crippen molar-refractivity contribution < 1.29 is 22.8 Å². The molecule has 0 saturated heterocycles. The molecule has 0 atom stereocenters. The van der Waals surface area contributed by atoms with Gasteiger partial charge in [-0.05, 0) is 13.8 Å². The lowest BCUT2D eigenvalue weighted by Gasteiger charge is -2.14. The minimum atomic E-state index is -2.02. The number of hydrogen-bond donors (Lipinski definition) is 0. The molecule has 0 fully saturated rings. The molecule has 88 valence electrons. The fraction of sp³-hybridized carbons (Fsp3) is 0.667. The highest BCUT2D eigenvalue weighted by Gasteiger charge is 2.13. The van der Waals surface area contributed by atoms with E-state index in [0.29, 0.717) is 13.2 Å². The first kappa shape index (κ1) is 14.3.